The van der Waals surface area contributed by atoms with Crippen LogP contribution < -0.4 is 0 Å². The van der Waals surface area contributed by atoms with Gasteiger partial charge in [0.15, 0.2) is 0 Å². The second kappa shape index (κ2) is 6.44. The van der Waals surface area contributed by atoms with Crippen molar-refractivity contribution in [1.82, 2.24) is 9.55 Å². The van der Waals surface area contributed by atoms with E-state index in [2.05, 4.69) is 29.6 Å². The second-order valence-corrected chi connectivity index (χ2v) is 5.41. The third kappa shape index (κ3) is 3.31. The summed E-state index contributed by atoms with van der Waals surface area (Å²) in [5, 5.41) is 1.30. The van der Waals surface area contributed by atoms with Crippen molar-refractivity contribution in [3.63, 3.8) is 0 Å². The van der Waals surface area contributed by atoms with Crippen LogP contribution >= 0.6 is 23.2 Å². The lowest BCUT2D eigenvalue weighted by atomic mass is 10.2. The molecular formula is C15H18Cl2N2. The number of rotatable bonds is 5. The SMILES string of the molecule is CCCCn1cc(-c2ccc(Cl)cc2Cl)nc1CC. The van der Waals surface area contributed by atoms with Crippen LogP contribution in [0.4, 0.5) is 0 Å². The molecule has 0 atom stereocenters. The second-order valence-electron chi connectivity index (χ2n) is 4.57. The van der Waals surface area contributed by atoms with Gasteiger partial charge in [0.05, 0.1) is 10.7 Å². The summed E-state index contributed by atoms with van der Waals surface area (Å²) in [6.07, 6.45) is 5.36. The van der Waals surface area contributed by atoms with Crippen LogP contribution in [0.25, 0.3) is 11.3 Å². The molecule has 0 N–H and O–H groups in total. The predicted octanol–water partition coefficient (Wildman–Crippen LogP) is 5.22. The Morgan fingerprint density at radius 2 is 2.00 bits per heavy atom. The van der Waals surface area contributed by atoms with Gasteiger partial charge in [-0.05, 0) is 24.6 Å². The molecule has 1 heterocycles. The van der Waals surface area contributed by atoms with E-state index in [9.17, 15) is 0 Å². The molecule has 0 aliphatic heterocycles. The maximum Gasteiger partial charge on any atom is 0.109 e. The highest BCUT2D eigenvalue weighted by Crippen LogP contribution is 2.29. The lowest BCUT2D eigenvalue weighted by Crippen LogP contribution is -2.01. The van der Waals surface area contributed by atoms with Crippen molar-refractivity contribution in [1.29, 1.82) is 0 Å². The molecule has 2 aromatic rings. The number of unbranched alkanes of at least 4 members (excludes halogenated alkanes) is 1. The molecule has 0 aliphatic carbocycles. The van der Waals surface area contributed by atoms with Crippen molar-refractivity contribution < 1.29 is 0 Å². The summed E-state index contributed by atoms with van der Waals surface area (Å²) in [6, 6.07) is 5.53. The molecule has 2 nitrogen and oxygen atoms in total. The number of aromatic nitrogens is 2. The zero-order valence-electron chi connectivity index (χ0n) is 11.3. The molecule has 19 heavy (non-hydrogen) atoms. The summed E-state index contributed by atoms with van der Waals surface area (Å²) in [6.45, 7) is 5.33. The van der Waals surface area contributed by atoms with Gasteiger partial charge >= 0.3 is 0 Å². The van der Waals surface area contributed by atoms with Crippen LogP contribution in [0, 0.1) is 0 Å². The van der Waals surface area contributed by atoms with Gasteiger partial charge in [-0.15, -0.1) is 0 Å². The number of aryl methyl sites for hydroxylation is 2. The van der Waals surface area contributed by atoms with Crippen LogP contribution in [0.2, 0.25) is 10.0 Å². The third-order valence-corrected chi connectivity index (χ3v) is 3.68. The molecule has 0 aliphatic rings. The fraction of sp³-hybridized carbons (Fsp3) is 0.400. The van der Waals surface area contributed by atoms with Gasteiger partial charge in [0, 0.05) is 29.7 Å². The fourth-order valence-electron chi connectivity index (χ4n) is 2.09. The Morgan fingerprint density at radius 1 is 1.21 bits per heavy atom. The minimum absolute atomic E-state index is 0.648. The highest BCUT2D eigenvalue weighted by atomic mass is 35.5. The van der Waals surface area contributed by atoms with Crippen LogP contribution in [-0.2, 0) is 13.0 Å². The van der Waals surface area contributed by atoms with E-state index in [1.54, 1.807) is 6.07 Å². The molecule has 102 valence electrons. The lowest BCUT2D eigenvalue weighted by Gasteiger charge is -2.03. The van der Waals surface area contributed by atoms with Gasteiger partial charge < -0.3 is 4.57 Å². The highest BCUT2D eigenvalue weighted by Gasteiger charge is 2.11. The normalized spacial score (nSPS) is 10.9. The Kier molecular flexibility index (Phi) is 4.89. The van der Waals surface area contributed by atoms with E-state index in [0.29, 0.717) is 10.0 Å². The maximum atomic E-state index is 6.24. The number of nitrogens with zero attached hydrogens (tertiary/aromatic N) is 2. The number of hydrogen-bond acceptors (Lipinski definition) is 1. The largest absolute Gasteiger partial charge is 0.334 e. The first-order chi connectivity index (χ1) is 9.15. The minimum atomic E-state index is 0.648. The molecule has 0 saturated heterocycles. The Morgan fingerprint density at radius 3 is 2.63 bits per heavy atom. The molecule has 0 radical (unpaired) electrons. The van der Waals surface area contributed by atoms with E-state index in [1.807, 2.05) is 12.1 Å². The van der Waals surface area contributed by atoms with Crippen molar-refractivity contribution in [2.75, 3.05) is 0 Å². The number of hydrogen-bond donors (Lipinski definition) is 0. The molecule has 0 spiro atoms. The quantitative estimate of drug-likeness (QED) is 0.740. The summed E-state index contributed by atoms with van der Waals surface area (Å²) in [4.78, 5) is 4.68. The topological polar surface area (TPSA) is 17.8 Å². The van der Waals surface area contributed by atoms with Crippen molar-refractivity contribution in [2.45, 2.75) is 39.7 Å². The average molecular weight is 297 g/mol. The molecule has 0 bridgehead atoms. The first-order valence-electron chi connectivity index (χ1n) is 6.67. The van der Waals surface area contributed by atoms with Crippen LogP contribution in [0.1, 0.15) is 32.5 Å². The number of imidazole rings is 1. The van der Waals surface area contributed by atoms with Gasteiger partial charge in [-0.1, -0.05) is 43.5 Å². The molecule has 2 rings (SSSR count). The Bertz CT molecular complexity index is 561. The number of halogens is 2. The Hall–Kier alpha value is -0.990. The van der Waals surface area contributed by atoms with Gasteiger partial charge in [-0.2, -0.15) is 0 Å². The Balaban J connectivity index is 2.36. The van der Waals surface area contributed by atoms with E-state index >= 15 is 0 Å². The minimum Gasteiger partial charge on any atom is -0.334 e. The maximum absolute atomic E-state index is 6.24. The summed E-state index contributed by atoms with van der Waals surface area (Å²) >= 11 is 12.2. The van der Waals surface area contributed by atoms with E-state index in [0.717, 1.165) is 36.5 Å². The van der Waals surface area contributed by atoms with Gasteiger partial charge in [-0.25, -0.2) is 4.98 Å². The molecule has 0 amide bonds. The summed E-state index contributed by atoms with van der Waals surface area (Å²) in [5.41, 5.74) is 1.87. The van der Waals surface area contributed by atoms with Gasteiger partial charge in [0.25, 0.3) is 0 Å². The van der Waals surface area contributed by atoms with E-state index in [4.69, 9.17) is 23.2 Å². The molecular weight excluding hydrogens is 279 g/mol. The summed E-state index contributed by atoms with van der Waals surface area (Å²) in [5.74, 6) is 1.11. The monoisotopic (exact) mass is 296 g/mol. The van der Waals surface area contributed by atoms with Gasteiger partial charge in [0.1, 0.15) is 5.82 Å². The van der Waals surface area contributed by atoms with Gasteiger partial charge in [-0.3, -0.25) is 0 Å². The molecule has 1 aromatic heterocycles. The summed E-state index contributed by atoms with van der Waals surface area (Å²) in [7, 11) is 0. The zero-order chi connectivity index (χ0) is 13.8. The molecule has 0 unspecified atom stereocenters. The molecule has 1 aromatic carbocycles. The zero-order valence-corrected chi connectivity index (χ0v) is 12.8. The average Bonchev–Trinajstić information content (AvgIpc) is 2.79. The summed E-state index contributed by atoms with van der Waals surface area (Å²) < 4.78 is 2.23. The Labute approximate surface area is 124 Å². The standard InChI is InChI=1S/C15H18Cl2N2/c1-3-5-8-19-10-14(18-15(19)4-2)12-7-6-11(16)9-13(12)17/h6-7,9-10H,3-5,8H2,1-2H3. The predicted molar refractivity (Wildman–Crippen MR) is 82.0 cm³/mol. The van der Waals surface area contributed by atoms with Crippen LogP contribution in [0.5, 0.6) is 0 Å². The number of benzene rings is 1. The van der Waals surface area contributed by atoms with Crippen molar-refractivity contribution >= 4 is 23.2 Å². The molecule has 0 fully saturated rings. The van der Waals surface area contributed by atoms with Crippen molar-refractivity contribution in [3.05, 3.63) is 40.3 Å². The fourth-order valence-corrected chi connectivity index (χ4v) is 2.59. The van der Waals surface area contributed by atoms with E-state index < -0.39 is 0 Å². The molecule has 4 heteroatoms. The first kappa shape index (κ1) is 14.4. The lowest BCUT2D eigenvalue weighted by molar-refractivity contribution is 0.606. The van der Waals surface area contributed by atoms with Gasteiger partial charge in [0.2, 0.25) is 0 Å². The van der Waals surface area contributed by atoms with E-state index in [-0.39, 0.29) is 0 Å². The van der Waals surface area contributed by atoms with Crippen molar-refractivity contribution in [3.8, 4) is 11.3 Å². The van der Waals surface area contributed by atoms with E-state index in [1.165, 1.54) is 6.42 Å². The smallest absolute Gasteiger partial charge is 0.109 e. The van der Waals surface area contributed by atoms with Crippen LogP contribution in [0.15, 0.2) is 24.4 Å². The molecule has 0 saturated carbocycles. The first-order valence-corrected chi connectivity index (χ1v) is 7.42. The van der Waals surface area contributed by atoms with Crippen LogP contribution in [-0.4, -0.2) is 9.55 Å². The van der Waals surface area contributed by atoms with Crippen LogP contribution in [0.3, 0.4) is 0 Å². The van der Waals surface area contributed by atoms with Crippen molar-refractivity contribution in [2.24, 2.45) is 0 Å². The third-order valence-electron chi connectivity index (χ3n) is 3.14. The highest BCUT2D eigenvalue weighted by molar-refractivity contribution is 6.36.